The first-order valence-electron chi connectivity index (χ1n) is 7.76. The molecule has 10 heteroatoms. The fourth-order valence-electron chi connectivity index (χ4n) is 1.87. The molecule has 0 aliphatic rings. The minimum absolute atomic E-state index is 0.238. The van der Waals surface area contributed by atoms with Crippen LogP contribution in [0.15, 0.2) is 0 Å². The number of carbonyl (C=O) groups excluding carboxylic acids is 3. The first-order valence-corrected chi connectivity index (χ1v) is 7.76. The summed E-state index contributed by atoms with van der Waals surface area (Å²) in [4.78, 5) is 35.4. The highest BCUT2D eigenvalue weighted by Crippen LogP contribution is 2.04. The summed E-state index contributed by atoms with van der Waals surface area (Å²) >= 11 is 0. The third-order valence-electron chi connectivity index (χ3n) is 3.41. The Morgan fingerprint density at radius 3 is 2.08 bits per heavy atom. The van der Waals surface area contributed by atoms with Gasteiger partial charge in [0, 0.05) is 6.54 Å². The zero-order chi connectivity index (χ0) is 18.7. The maximum atomic E-state index is 12.2. The van der Waals surface area contributed by atoms with Crippen molar-refractivity contribution in [3.63, 3.8) is 0 Å². The maximum absolute atomic E-state index is 12.2. The van der Waals surface area contributed by atoms with Gasteiger partial charge < -0.3 is 26.0 Å². The van der Waals surface area contributed by atoms with E-state index in [1.165, 1.54) is 13.8 Å². The highest BCUT2D eigenvalue weighted by molar-refractivity contribution is 5.92. The summed E-state index contributed by atoms with van der Waals surface area (Å²) in [6, 6.07) is -2.08. The number of hydrogen-bond acceptors (Lipinski definition) is 8. The van der Waals surface area contributed by atoms with E-state index in [-0.39, 0.29) is 6.42 Å². The Kier molecular flexibility index (Phi) is 11.1. The number of hydrazine groups is 1. The van der Waals surface area contributed by atoms with Gasteiger partial charge in [-0.15, -0.1) is 0 Å². The highest BCUT2D eigenvalue weighted by Gasteiger charge is 2.28. The van der Waals surface area contributed by atoms with Crippen LogP contribution in [-0.4, -0.2) is 70.4 Å². The van der Waals surface area contributed by atoms with E-state index in [1.807, 2.05) is 0 Å². The van der Waals surface area contributed by atoms with E-state index in [4.69, 9.17) is 10.9 Å². The molecule has 2 amide bonds. The second-order valence-corrected chi connectivity index (χ2v) is 5.55. The normalized spacial score (nSPS) is 15.9. The van der Waals surface area contributed by atoms with Gasteiger partial charge in [-0.1, -0.05) is 0 Å². The van der Waals surface area contributed by atoms with Gasteiger partial charge in [0.15, 0.2) is 11.9 Å². The summed E-state index contributed by atoms with van der Waals surface area (Å²) in [6.07, 6.45) is -1.55. The molecule has 8 N–H and O–H groups in total. The van der Waals surface area contributed by atoms with E-state index in [2.05, 4.69) is 16.1 Å². The van der Waals surface area contributed by atoms with Gasteiger partial charge in [-0.2, -0.15) is 0 Å². The molecular weight excluding hydrogens is 320 g/mol. The summed E-state index contributed by atoms with van der Waals surface area (Å²) in [5.74, 6) is 3.17. The predicted molar refractivity (Wildman–Crippen MR) is 85.4 cm³/mol. The number of amides is 2. The molecule has 0 radical (unpaired) electrons. The zero-order valence-corrected chi connectivity index (χ0v) is 14.0. The fraction of sp³-hybridized carbons (Fsp3) is 0.786. The number of hydrogen-bond donors (Lipinski definition) is 7. The van der Waals surface area contributed by atoms with Gasteiger partial charge in [-0.25, -0.2) is 0 Å². The van der Waals surface area contributed by atoms with Crippen LogP contribution < -0.4 is 21.9 Å². The fourth-order valence-corrected chi connectivity index (χ4v) is 1.87. The molecule has 4 atom stereocenters. The first-order chi connectivity index (χ1) is 11.2. The van der Waals surface area contributed by atoms with Crippen molar-refractivity contribution in [3.8, 4) is 0 Å². The lowest BCUT2D eigenvalue weighted by atomic mass is 10.1. The third kappa shape index (κ3) is 8.31. The lowest BCUT2D eigenvalue weighted by molar-refractivity contribution is -0.138. The Morgan fingerprint density at radius 1 is 1.04 bits per heavy atom. The number of nitrogens with two attached hydrogens (primary N) is 1. The minimum Gasteiger partial charge on any atom is -0.394 e. The van der Waals surface area contributed by atoms with Crippen LogP contribution in [0.2, 0.25) is 0 Å². The van der Waals surface area contributed by atoms with Gasteiger partial charge in [-0.05, 0) is 33.1 Å². The van der Waals surface area contributed by atoms with Gasteiger partial charge >= 0.3 is 0 Å². The van der Waals surface area contributed by atoms with E-state index in [1.54, 1.807) is 0 Å². The topological polar surface area (TPSA) is 174 Å². The van der Waals surface area contributed by atoms with Crippen molar-refractivity contribution >= 4 is 17.6 Å². The molecule has 0 saturated carbocycles. The molecule has 0 aromatic rings. The van der Waals surface area contributed by atoms with E-state index >= 15 is 0 Å². The summed E-state index contributed by atoms with van der Waals surface area (Å²) in [5, 5.41) is 32.5. The second kappa shape index (κ2) is 11.9. The SMILES string of the molecule is CC(=O)[C@H](CO)NC(=O)[C@H](CCCCNN)NC(=O)C(O)[C@@H](C)O. The molecule has 0 heterocycles. The predicted octanol–water partition coefficient (Wildman–Crippen LogP) is -3.09. The molecule has 1 unspecified atom stereocenters. The van der Waals surface area contributed by atoms with Crippen molar-refractivity contribution in [2.75, 3.05) is 13.2 Å². The summed E-state index contributed by atoms with van der Waals surface area (Å²) in [5.41, 5.74) is 2.46. The van der Waals surface area contributed by atoms with E-state index in [0.29, 0.717) is 19.4 Å². The van der Waals surface area contributed by atoms with Crippen molar-refractivity contribution in [1.29, 1.82) is 0 Å². The summed E-state index contributed by atoms with van der Waals surface area (Å²) < 4.78 is 0. The largest absolute Gasteiger partial charge is 0.394 e. The van der Waals surface area contributed by atoms with Crippen LogP contribution in [0.3, 0.4) is 0 Å². The zero-order valence-electron chi connectivity index (χ0n) is 14.0. The summed E-state index contributed by atoms with van der Waals surface area (Å²) in [7, 11) is 0. The third-order valence-corrected chi connectivity index (χ3v) is 3.41. The number of Topliss-reactive ketones (excluding diaryl/α,β-unsaturated/α-hetero) is 1. The van der Waals surface area contributed by atoms with Crippen LogP contribution in [-0.2, 0) is 14.4 Å². The monoisotopic (exact) mass is 348 g/mol. The second-order valence-electron chi connectivity index (χ2n) is 5.55. The van der Waals surface area contributed by atoms with Gasteiger partial charge in [0.05, 0.1) is 12.7 Å². The van der Waals surface area contributed by atoms with Crippen molar-refractivity contribution < 1.29 is 29.7 Å². The van der Waals surface area contributed by atoms with Gasteiger partial charge in [0.1, 0.15) is 12.1 Å². The van der Waals surface area contributed by atoms with Gasteiger partial charge in [0.25, 0.3) is 5.91 Å². The maximum Gasteiger partial charge on any atom is 0.252 e. The Balaban J connectivity index is 4.86. The molecule has 0 bridgehead atoms. The molecule has 0 aliphatic heterocycles. The molecule has 0 saturated heterocycles. The van der Waals surface area contributed by atoms with Gasteiger partial charge in [-0.3, -0.25) is 25.7 Å². The Bertz CT molecular complexity index is 418. The summed E-state index contributed by atoms with van der Waals surface area (Å²) in [6.45, 7) is 2.42. The molecule has 140 valence electrons. The van der Waals surface area contributed by atoms with Gasteiger partial charge in [0.2, 0.25) is 5.91 Å². The molecule has 0 rings (SSSR count). The minimum atomic E-state index is -1.67. The van der Waals surface area contributed by atoms with Crippen LogP contribution in [0, 0.1) is 0 Å². The first kappa shape index (κ1) is 22.4. The molecule has 0 spiro atoms. The number of unbranched alkanes of at least 4 members (excludes halogenated alkanes) is 1. The highest BCUT2D eigenvalue weighted by atomic mass is 16.3. The van der Waals surface area contributed by atoms with E-state index < -0.39 is 48.5 Å². The number of rotatable bonds is 12. The molecular formula is C14H28N4O6. The number of carbonyl (C=O) groups is 3. The number of nitrogens with one attached hydrogen (secondary N) is 3. The van der Waals surface area contributed by atoms with E-state index in [0.717, 1.165) is 0 Å². The van der Waals surface area contributed by atoms with Crippen molar-refractivity contribution in [2.24, 2.45) is 5.84 Å². The van der Waals surface area contributed by atoms with E-state index in [9.17, 15) is 24.6 Å². The molecule has 0 aromatic heterocycles. The number of ketones is 1. The lowest BCUT2D eigenvalue weighted by Crippen LogP contribution is -2.54. The lowest BCUT2D eigenvalue weighted by Gasteiger charge is -2.23. The Hall–Kier alpha value is -1.59. The van der Waals surface area contributed by atoms with Crippen molar-refractivity contribution in [2.45, 2.75) is 57.4 Å². The average Bonchev–Trinajstić information content (AvgIpc) is 2.53. The van der Waals surface area contributed by atoms with Crippen molar-refractivity contribution in [3.05, 3.63) is 0 Å². The van der Waals surface area contributed by atoms with Crippen molar-refractivity contribution in [1.82, 2.24) is 16.1 Å². The van der Waals surface area contributed by atoms with Crippen LogP contribution >= 0.6 is 0 Å². The molecule has 24 heavy (non-hydrogen) atoms. The average molecular weight is 348 g/mol. The molecule has 0 aliphatic carbocycles. The number of aliphatic hydroxyl groups excluding tert-OH is 3. The molecule has 0 fully saturated rings. The Morgan fingerprint density at radius 2 is 1.62 bits per heavy atom. The van der Waals surface area contributed by atoms with Crippen LogP contribution in [0.4, 0.5) is 0 Å². The quantitative estimate of drug-likeness (QED) is 0.110. The van der Waals surface area contributed by atoms with Crippen LogP contribution in [0.25, 0.3) is 0 Å². The van der Waals surface area contributed by atoms with Crippen LogP contribution in [0.1, 0.15) is 33.1 Å². The Labute approximate surface area is 140 Å². The molecule has 0 aromatic carbocycles. The number of aliphatic hydroxyl groups is 3. The molecule has 10 nitrogen and oxygen atoms in total. The smallest absolute Gasteiger partial charge is 0.252 e. The standard InChI is InChI=1S/C14H28N4O6/c1-8(20)11(7-19)18-13(23)10(5-3-4-6-16-15)17-14(24)12(22)9(2)21/h9-12,16,19,21-22H,3-7,15H2,1-2H3,(H,17,24)(H,18,23)/t9-,10+,11+,12?/m1/s1. The van der Waals surface area contributed by atoms with Crippen LogP contribution in [0.5, 0.6) is 0 Å².